The van der Waals surface area contributed by atoms with E-state index in [2.05, 4.69) is 132 Å². The molecule has 0 spiro atoms. The third-order valence-electron chi connectivity index (χ3n) is 7.97. The summed E-state index contributed by atoms with van der Waals surface area (Å²) >= 11 is 1.77. The summed E-state index contributed by atoms with van der Waals surface area (Å²) in [4.78, 5) is 10.7. The molecule has 0 saturated heterocycles. The smallest absolute Gasteiger partial charge is 0.235 e. The van der Waals surface area contributed by atoms with Crippen LogP contribution in [0.5, 0.6) is 0 Å². The number of hydrogen-bond donors (Lipinski definition) is 0. The molecule has 0 unspecified atom stereocenters. The fourth-order valence-electron chi connectivity index (χ4n) is 6.08. The molecule has 6 aromatic carbocycles. The van der Waals surface area contributed by atoms with Crippen molar-refractivity contribution in [1.29, 1.82) is 0 Å². The van der Waals surface area contributed by atoms with E-state index in [-0.39, 0.29) is 0 Å². The largest absolute Gasteiger partial charge is 0.278 e. The normalized spacial score (nSPS) is 12.0. The number of benzene rings is 6. The zero-order valence-electron chi connectivity index (χ0n) is 21.4. The lowest BCUT2D eigenvalue weighted by Crippen LogP contribution is -2.02. The number of hydrogen-bond acceptors (Lipinski definition) is 3. The number of thiophene rings is 1. The number of nitrogens with zero attached hydrogens (tertiary/aromatic N) is 3. The Bertz CT molecular complexity index is 2450. The SMILES string of the molecule is c1ccc2cc(-c3nc(-n4c5ccccc5c5cc6ccccc6cc54)nc4c3sc3ccccc34)ccc2c1. The number of para-hydroxylation sites is 1. The van der Waals surface area contributed by atoms with Crippen LogP contribution in [-0.2, 0) is 0 Å². The molecule has 4 heteroatoms. The van der Waals surface area contributed by atoms with E-state index >= 15 is 0 Å². The Labute approximate surface area is 233 Å². The molecule has 9 rings (SSSR count). The predicted molar refractivity (Wildman–Crippen MR) is 170 cm³/mol. The van der Waals surface area contributed by atoms with Gasteiger partial charge in [-0.05, 0) is 51.9 Å². The highest BCUT2D eigenvalue weighted by Crippen LogP contribution is 2.41. The van der Waals surface area contributed by atoms with Gasteiger partial charge in [0, 0.05) is 26.4 Å². The Morgan fingerprint density at radius 1 is 0.500 bits per heavy atom. The van der Waals surface area contributed by atoms with Crippen molar-refractivity contribution in [1.82, 2.24) is 14.5 Å². The van der Waals surface area contributed by atoms with Gasteiger partial charge < -0.3 is 0 Å². The van der Waals surface area contributed by atoms with Gasteiger partial charge in [-0.3, -0.25) is 4.57 Å². The summed E-state index contributed by atoms with van der Waals surface area (Å²) in [5.41, 5.74) is 5.30. The first kappa shape index (κ1) is 21.8. The summed E-state index contributed by atoms with van der Waals surface area (Å²) in [6, 6.07) is 45.4. The van der Waals surface area contributed by atoms with E-state index in [0.717, 1.165) is 32.5 Å². The molecule has 0 radical (unpaired) electrons. The van der Waals surface area contributed by atoms with Gasteiger partial charge in [-0.15, -0.1) is 11.3 Å². The molecule has 9 aromatic rings. The van der Waals surface area contributed by atoms with E-state index in [4.69, 9.17) is 9.97 Å². The molecular formula is C36H21N3S. The van der Waals surface area contributed by atoms with Crippen molar-refractivity contribution in [3.05, 3.63) is 127 Å². The van der Waals surface area contributed by atoms with Gasteiger partial charge >= 0.3 is 0 Å². The molecule has 3 heterocycles. The van der Waals surface area contributed by atoms with Gasteiger partial charge in [0.15, 0.2) is 0 Å². The van der Waals surface area contributed by atoms with Crippen molar-refractivity contribution in [3.63, 3.8) is 0 Å². The molecule has 0 aliphatic rings. The van der Waals surface area contributed by atoms with Gasteiger partial charge in [0.25, 0.3) is 0 Å². The standard InChI is InChI=1S/C36H21N3S/c1-2-10-23-19-26(18-17-22(23)9-1)33-35-34(28-14-6-8-16-32(28)40-35)38-36(37-33)39-30-15-7-5-13-27(30)29-20-24-11-3-4-12-25(24)21-31(29)39/h1-21H. The lowest BCUT2D eigenvalue weighted by atomic mass is 10.0. The van der Waals surface area contributed by atoms with Crippen molar-refractivity contribution in [2.24, 2.45) is 0 Å². The van der Waals surface area contributed by atoms with E-state index in [0.29, 0.717) is 5.95 Å². The molecule has 0 fully saturated rings. The van der Waals surface area contributed by atoms with Gasteiger partial charge in [-0.25, -0.2) is 9.97 Å². The van der Waals surface area contributed by atoms with Crippen LogP contribution in [0.4, 0.5) is 0 Å². The van der Waals surface area contributed by atoms with Crippen molar-refractivity contribution < 1.29 is 0 Å². The molecule has 0 N–H and O–H groups in total. The summed E-state index contributed by atoms with van der Waals surface area (Å²) in [6.07, 6.45) is 0. The minimum Gasteiger partial charge on any atom is -0.278 e. The molecule has 0 amide bonds. The highest BCUT2D eigenvalue weighted by atomic mass is 32.1. The topological polar surface area (TPSA) is 30.7 Å². The predicted octanol–water partition coefficient (Wildman–Crippen LogP) is 9.91. The average Bonchev–Trinajstić information content (AvgIpc) is 3.54. The van der Waals surface area contributed by atoms with Crippen LogP contribution in [-0.4, -0.2) is 14.5 Å². The molecule has 0 saturated carbocycles. The van der Waals surface area contributed by atoms with Crippen molar-refractivity contribution in [3.8, 4) is 17.2 Å². The maximum absolute atomic E-state index is 5.36. The maximum Gasteiger partial charge on any atom is 0.235 e. The van der Waals surface area contributed by atoms with Gasteiger partial charge in [0.1, 0.15) is 0 Å². The van der Waals surface area contributed by atoms with Crippen LogP contribution >= 0.6 is 11.3 Å². The Morgan fingerprint density at radius 3 is 2.02 bits per heavy atom. The monoisotopic (exact) mass is 527 g/mol. The second kappa shape index (κ2) is 8.22. The molecule has 0 aliphatic heterocycles. The first-order chi connectivity index (χ1) is 19.8. The Balaban J connectivity index is 1.43. The third kappa shape index (κ3) is 3.11. The van der Waals surface area contributed by atoms with Crippen LogP contribution < -0.4 is 0 Å². The Morgan fingerprint density at radius 2 is 1.18 bits per heavy atom. The summed E-state index contributed by atoms with van der Waals surface area (Å²) in [5, 5.41) is 8.44. The van der Waals surface area contributed by atoms with Gasteiger partial charge in [-0.2, -0.15) is 0 Å². The molecule has 3 nitrogen and oxygen atoms in total. The first-order valence-corrected chi connectivity index (χ1v) is 14.2. The van der Waals surface area contributed by atoms with E-state index in [9.17, 15) is 0 Å². The van der Waals surface area contributed by atoms with E-state index in [1.165, 1.54) is 42.4 Å². The highest BCUT2D eigenvalue weighted by Gasteiger charge is 2.20. The van der Waals surface area contributed by atoms with Crippen molar-refractivity contribution >= 4 is 75.0 Å². The van der Waals surface area contributed by atoms with Crippen molar-refractivity contribution in [2.75, 3.05) is 0 Å². The summed E-state index contributed by atoms with van der Waals surface area (Å²) in [6.45, 7) is 0. The number of fused-ring (bicyclic) bond motifs is 8. The van der Waals surface area contributed by atoms with Crippen LogP contribution in [0.3, 0.4) is 0 Å². The van der Waals surface area contributed by atoms with Gasteiger partial charge in [-0.1, -0.05) is 97.1 Å². The highest BCUT2D eigenvalue weighted by molar-refractivity contribution is 7.26. The number of rotatable bonds is 2. The van der Waals surface area contributed by atoms with Crippen LogP contribution in [0.25, 0.3) is 80.9 Å². The third-order valence-corrected chi connectivity index (χ3v) is 9.14. The summed E-state index contributed by atoms with van der Waals surface area (Å²) in [5.74, 6) is 0.695. The fraction of sp³-hybridized carbons (Fsp3) is 0. The van der Waals surface area contributed by atoms with Crippen LogP contribution in [0.2, 0.25) is 0 Å². The van der Waals surface area contributed by atoms with Gasteiger partial charge in [0.05, 0.1) is 26.9 Å². The van der Waals surface area contributed by atoms with Crippen LogP contribution in [0.1, 0.15) is 0 Å². The number of aromatic nitrogens is 3. The minimum atomic E-state index is 0.695. The molecule has 40 heavy (non-hydrogen) atoms. The van der Waals surface area contributed by atoms with Gasteiger partial charge in [0.2, 0.25) is 5.95 Å². The summed E-state index contributed by atoms with van der Waals surface area (Å²) in [7, 11) is 0. The zero-order valence-corrected chi connectivity index (χ0v) is 22.2. The minimum absolute atomic E-state index is 0.695. The van der Waals surface area contributed by atoms with E-state index in [1.54, 1.807) is 11.3 Å². The molecule has 0 atom stereocenters. The zero-order chi connectivity index (χ0) is 26.2. The second-order valence-corrected chi connectivity index (χ2v) is 11.3. The Kier molecular flexibility index (Phi) is 4.48. The van der Waals surface area contributed by atoms with Crippen LogP contribution in [0.15, 0.2) is 127 Å². The molecule has 0 bridgehead atoms. The average molecular weight is 528 g/mol. The lowest BCUT2D eigenvalue weighted by Gasteiger charge is -2.11. The quantitative estimate of drug-likeness (QED) is 0.224. The summed E-state index contributed by atoms with van der Waals surface area (Å²) < 4.78 is 4.58. The molecule has 186 valence electrons. The van der Waals surface area contributed by atoms with E-state index < -0.39 is 0 Å². The maximum atomic E-state index is 5.36. The van der Waals surface area contributed by atoms with E-state index in [1.807, 2.05) is 0 Å². The fourth-order valence-corrected chi connectivity index (χ4v) is 7.24. The lowest BCUT2D eigenvalue weighted by molar-refractivity contribution is 1.02. The van der Waals surface area contributed by atoms with Crippen LogP contribution in [0, 0.1) is 0 Å². The second-order valence-electron chi connectivity index (χ2n) is 10.3. The van der Waals surface area contributed by atoms with Crippen molar-refractivity contribution in [2.45, 2.75) is 0 Å². The molecular weight excluding hydrogens is 506 g/mol. The molecule has 0 aliphatic carbocycles. The molecule has 3 aromatic heterocycles. The Hall–Kier alpha value is -5.06. The first-order valence-electron chi connectivity index (χ1n) is 13.4.